The fraction of sp³-hybridized carbons (Fsp3) is 0.0577. The van der Waals surface area contributed by atoms with Crippen molar-refractivity contribution in [3.63, 3.8) is 0 Å². The summed E-state index contributed by atoms with van der Waals surface area (Å²) in [4.78, 5) is 24.0. The van der Waals surface area contributed by atoms with Crippen LogP contribution in [0, 0.1) is 0 Å². The fourth-order valence-corrected chi connectivity index (χ4v) is 9.01. The first-order valence-corrected chi connectivity index (χ1v) is 19.6. The van der Waals surface area contributed by atoms with Gasteiger partial charge in [-0.3, -0.25) is 9.97 Å². The van der Waals surface area contributed by atoms with Crippen LogP contribution in [0.2, 0.25) is 0 Å². The predicted octanol–water partition coefficient (Wildman–Crippen LogP) is 12.4. The van der Waals surface area contributed by atoms with E-state index in [1.54, 1.807) is 24.8 Å². The van der Waals surface area contributed by atoms with Crippen LogP contribution < -0.4 is 0 Å². The minimum Gasteiger partial charge on any atom is -0.308 e. The van der Waals surface area contributed by atoms with E-state index in [0.717, 1.165) is 50.1 Å². The van der Waals surface area contributed by atoms with E-state index in [2.05, 4.69) is 162 Å². The molecule has 10 aromatic rings. The molecule has 4 heterocycles. The van der Waals surface area contributed by atoms with Crippen LogP contribution in [-0.2, 0) is 5.41 Å². The van der Waals surface area contributed by atoms with E-state index in [9.17, 15) is 0 Å². The quantitative estimate of drug-likeness (QED) is 0.170. The van der Waals surface area contributed by atoms with Crippen molar-refractivity contribution in [2.75, 3.05) is 0 Å². The van der Waals surface area contributed by atoms with Crippen molar-refractivity contribution in [1.29, 1.82) is 0 Å². The molecule has 0 atom stereocenters. The smallest absolute Gasteiger partial charge is 0.165 e. The molecule has 0 bridgehead atoms. The predicted molar refractivity (Wildman–Crippen MR) is 234 cm³/mol. The Labute approximate surface area is 336 Å². The van der Waals surface area contributed by atoms with Gasteiger partial charge in [-0.2, -0.15) is 0 Å². The molecule has 4 aromatic heterocycles. The zero-order chi connectivity index (χ0) is 38.8. The molecule has 0 aliphatic heterocycles. The average molecular weight is 745 g/mol. The van der Waals surface area contributed by atoms with Gasteiger partial charge in [0, 0.05) is 68.8 Å². The first-order valence-electron chi connectivity index (χ1n) is 19.6. The molecule has 0 fully saturated rings. The minimum atomic E-state index is -0.189. The van der Waals surface area contributed by atoms with Gasteiger partial charge in [0.05, 0.1) is 16.7 Å². The zero-order valence-corrected chi connectivity index (χ0v) is 32.0. The van der Waals surface area contributed by atoms with Crippen molar-refractivity contribution in [3.05, 3.63) is 194 Å². The van der Waals surface area contributed by atoms with E-state index in [0.29, 0.717) is 17.5 Å². The van der Waals surface area contributed by atoms with E-state index in [1.807, 2.05) is 24.3 Å². The van der Waals surface area contributed by atoms with Gasteiger partial charge in [0.15, 0.2) is 17.5 Å². The van der Waals surface area contributed by atoms with Crippen molar-refractivity contribution in [2.24, 2.45) is 0 Å². The average Bonchev–Trinajstić information content (AvgIpc) is 3.75. The Hall–Kier alpha value is -7.57. The van der Waals surface area contributed by atoms with E-state index >= 15 is 0 Å². The summed E-state index contributed by atoms with van der Waals surface area (Å²) in [5.74, 6) is 1.65. The maximum atomic E-state index is 5.15. The lowest BCUT2D eigenvalue weighted by Crippen LogP contribution is -2.15. The Morgan fingerprint density at radius 3 is 1.57 bits per heavy atom. The molecule has 11 rings (SSSR count). The van der Waals surface area contributed by atoms with Crippen molar-refractivity contribution >= 4 is 21.8 Å². The lowest BCUT2D eigenvalue weighted by atomic mass is 9.80. The third-order valence-corrected chi connectivity index (χ3v) is 11.6. The van der Waals surface area contributed by atoms with Crippen LogP contribution in [0.5, 0.6) is 0 Å². The third-order valence-electron chi connectivity index (χ3n) is 11.6. The summed E-state index contributed by atoms with van der Waals surface area (Å²) in [7, 11) is 0. The highest BCUT2D eigenvalue weighted by Crippen LogP contribution is 2.54. The second kappa shape index (κ2) is 13.3. The van der Waals surface area contributed by atoms with Crippen LogP contribution in [-0.4, -0.2) is 29.5 Å². The molecule has 6 heteroatoms. The number of aromatic nitrogens is 6. The summed E-state index contributed by atoms with van der Waals surface area (Å²) in [6.45, 7) is 4.74. The van der Waals surface area contributed by atoms with E-state index in [-0.39, 0.29) is 5.41 Å². The molecular formula is C52H36N6. The van der Waals surface area contributed by atoms with Gasteiger partial charge >= 0.3 is 0 Å². The Kier molecular flexibility index (Phi) is 7.73. The Bertz CT molecular complexity index is 3060. The van der Waals surface area contributed by atoms with E-state index in [1.165, 1.54) is 38.5 Å². The summed E-state index contributed by atoms with van der Waals surface area (Å²) in [6.07, 6.45) is 7.10. The topological polar surface area (TPSA) is 69.4 Å². The van der Waals surface area contributed by atoms with Crippen LogP contribution in [0.25, 0.3) is 95.0 Å². The normalized spacial score (nSPS) is 12.8. The third kappa shape index (κ3) is 5.30. The van der Waals surface area contributed by atoms with Crippen LogP contribution in [0.15, 0.2) is 183 Å². The lowest BCUT2D eigenvalue weighted by Gasteiger charge is -2.23. The Morgan fingerprint density at radius 1 is 0.431 bits per heavy atom. The molecule has 58 heavy (non-hydrogen) atoms. The first-order chi connectivity index (χ1) is 28.5. The molecule has 0 saturated heterocycles. The van der Waals surface area contributed by atoms with Crippen LogP contribution in [0.1, 0.15) is 25.0 Å². The maximum Gasteiger partial charge on any atom is 0.165 e. The standard InChI is InChI=1S/C52H36N6/c1-52(2)43-23-11-9-21-38(43)39-25-26-45-46(47(39)52)40-22-10-12-24-44(40)58(45)48-41(33-15-5-3-6-16-33)29-37(30-42(48)34-17-7-4-8-18-34)51-56-49(35-19-13-27-53-31-35)55-50(57-51)36-20-14-28-54-32-36/h3-32H,1-2H3. The number of fused-ring (bicyclic) bond motifs is 7. The zero-order valence-electron chi connectivity index (χ0n) is 32.0. The van der Waals surface area contributed by atoms with Gasteiger partial charge in [-0.05, 0) is 81.9 Å². The molecular weight excluding hydrogens is 709 g/mol. The van der Waals surface area contributed by atoms with Gasteiger partial charge in [0.1, 0.15) is 0 Å². The van der Waals surface area contributed by atoms with Gasteiger partial charge in [-0.1, -0.05) is 123 Å². The Morgan fingerprint density at radius 2 is 0.966 bits per heavy atom. The monoisotopic (exact) mass is 744 g/mol. The number of nitrogens with zero attached hydrogens (tertiary/aromatic N) is 6. The maximum absolute atomic E-state index is 5.15. The van der Waals surface area contributed by atoms with Gasteiger partial charge in [-0.25, -0.2) is 15.0 Å². The molecule has 0 radical (unpaired) electrons. The number of rotatable bonds is 6. The van der Waals surface area contributed by atoms with Crippen molar-refractivity contribution < 1.29 is 0 Å². The molecule has 274 valence electrons. The number of benzene rings is 6. The largest absolute Gasteiger partial charge is 0.308 e. The Balaban J connectivity index is 1.26. The van der Waals surface area contributed by atoms with Gasteiger partial charge in [0.25, 0.3) is 0 Å². The summed E-state index contributed by atoms with van der Waals surface area (Å²) >= 11 is 0. The van der Waals surface area contributed by atoms with Crippen molar-refractivity contribution in [2.45, 2.75) is 19.3 Å². The molecule has 1 aliphatic rings. The summed E-state index contributed by atoms with van der Waals surface area (Å²) in [5.41, 5.74) is 15.4. The molecule has 0 spiro atoms. The highest BCUT2D eigenvalue weighted by atomic mass is 15.0. The molecule has 0 unspecified atom stereocenters. The SMILES string of the molecule is CC1(C)c2ccccc2-c2ccc3c(c21)c1ccccc1n3-c1c(-c2ccccc2)cc(-c2nc(-c3cccnc3)nc(-c3cccnc3)n2)cc1-c1ccccc1. The number of hydrogen-bond acceptors (Lipinski definition) is 5. The first kappa shape index (κ1) is 33.7. The molecule has 6 aromatic carbocycles. The summed E-state index contributed by atoms with van der Waals surface area (Å²) < 4.78 is 2.49. The number of pyridine rings is 2. The highest BCUT2D eigenvalue weighted by Gasteiger charge is 2.38. The van der Waals surface area contributed by atoms with Crippen LogP contribution >= 0.6 is 0 Å². The van der Waals surface area contributed by atoms with Gasteiger partial charge < -0.3 is 4.57 Å². The van der Waals surface area contributed by atoms with Gasteiger partial charge in [0.2, 0.25) is 0 Å². The van der Waals surface area contributed by atoms with Gasteiger partial charge in [-0.15, -0.1) is 0 Å². The van der Waals surface area contributed by atoms with Crippen LogP contribution in [0.3, 0.4) is 0 Å². The highest BCUT2D eigenvalue weighted by molar-refractivity contribution is 6.15. The molecule has 0 amide bonds. The summed E-state index contributed by atoms with van der Waals surface area (Å²) in [6, 6.07) is 56.0. The molecule has 6 nitrogen and oxygen atoms in total. The number of para-hydroxylation sites is 1. The van der Waals surface area contributed by atoms with Crippen LogP contribution in [0.4, 0.5) is 0 Å². The van der Waals surface area contributed by atoms with Crippen molar-refractivity contribution in [1.82, 2.24) is 29.5 Å². The number of hydrogen-bond donors (Lipinski definition) is 0. The lowest BCUT2D eigenvalue weighted by molar-refractivity contribution is 0.666. The molecule has 1 aliphatic carbocycles. The van der Waals surface area contributed by atoms with Crippen molar-refractivity contribution in [3.8, 4) is 73.2 Å². The molecule has 0 saturated carbocycles. The second-order valence-corrected chi connectivity index (χ2v) is 15.3. The summed E-state index contributed by atoms with van der Waals surface area (Å²) in [5, 5.41) is 2.52. The van der Waals surface area contributed by atoms with E-state index < -0.39 is 0 Å². The minimum absolute atomic E-state index is 0.189. The fourth-order valence-electron chi connectivity index (χ4n) is 9.01. The second-order valence-electron chi connectivity index (χ2n) is 15.3. The van der Waals surface area contributed by atoms with E-state index in [4.69, 9.17) is 15.0 Å². The molecule has 0 N–H and O–H groups in total.